The van der Waals surface area contributed by atoms with Crippen LogP contribution in [0.1, 0.15) is 5.56 Å². The van der Waals surface area contributed by atoms with E-state index in [0.29, 0.717) is 6.54 Å². The molecule has 4 heteroatoms. The summed E-state index contributed by atoms with van der Waals surface area (Å²) in [6.07, 6.45) is -1.02. The minimum atomic E-state index is -1.02. The van der Waals surface area contributed by atoms with Crippen molar-refractivity contribution in [2.24, 2.45) is 0 Å². The van der Waals surface area contributed by atoms with Crippen LogP contribution < -0.4 is 11.1 Å². The highest BCUT2D eigenvalue weighted by molar-refractivity contribution is 5.66. The monoisotopic (exact) mass is 242 g/mol. The van der Waals surface area contributed by atoms with E-state index in [1.165, 1.54) is 0 Å². The molecule has 0 atom stereocenters. The molecule has 0 unspecified atom stereocenters. The van der Waals surface area contributed by atoms with Gasteiger partial charge in [-0.2, -0.15) is 0 Å². The third-order valence-electron chi connectivity index (χ3n) is 2.64. The van der Waals surface area contributed by atoms with Crippen molar-refractivity contribution in [3.05, 3.63) is 54.1 Å². The van der Waals surface area contributed by atoms with Crippen molar-refractivity contribution in [3.8, 4) is 11.1 Å². The van der Waals surface area contributed by atoms with Gasteiger partial charge in [-0.3, -0.25) is 0 Å². The van der Waals surface area contributed by atoms with Crippen molar-refractivity contribution in [1.29, 1.82) is 0 Å². The van der Waals surface area contributed by atoms with Crippen molar-refractivity contribution < 1.29 is 9.90 Å². The third kappa shape index (κ3) is 3.01. The molecule has 0 bridgehead atoms. The lowest BCUT2D eigenvalue weighted by Gasteiger charge is -2.05. The third-order valence-corrected chi connectivity index (χ3v) is 2.64. The predicted molar refractivity (Wildman–Crippen MR) is 71.2 cm³/mol. The first-order chi connectivity index (χ1) is 8.65. The highest BCUT2D eigenvalue weighted by atomic mass is 16.4. The zero-order valence-corrected chi connectivity index (χ0v) is 9.76. The van der Waals surface area contributed by atoms with Crippen LogP contribution in [0.4, 0.5) is 10.5 Å². The average Bonchev–Trinajstić information content (AvgIpc) is 2.38. The van der Waals surface area contributed by atoms with Crippen LogP contribution in [0.15, 0.2) is 48.5 Å². The van der Waals surface area contributed by atoms with E-state index in [1.54, 1.807) is 0 Å². The summed E-state index contributed by atoms with van der Waals surface area (Å²) in [5.41, 5.74) is 9.46. The van der Waals surface area contributed by atoms with Gasteiger partial charge in [0.1, 0.15) is 0 Å². The van der Waals surface area contributed by atoms with Gasteiger partial charge in [-0.05, 0) is 28.8 Å². The van der Waals surface area contributed by atoms with Crippen LogP contribution in [0.5, 0.6) is 0 Å². The van der Waals surface area contributed by atoms with Crippen molar-refractivity contribution in [2.45, 2.75) is 6.54 Å². The van der Waals surface area contributed by atoms with Crippen LogP contribution in [0.3, 0.4) is 0 Å². The second kappa shape index (κ2) is 5.23. The maximum Gasteiger partial charge on any atom is 0.404 e. The Kier molecular flexibility index (Phi) is 3.48. The van der Waals surface area contributed by atoms with Crippen LogP contribution in [-0.2, 0) is 6.54 Å². The van der Waals surface area contributed by atoms with E-state index >= 15 is 0 Å². The van der Waals surface area contributed by atoms with Gasteiger partial charge in [-0.25, -0.2) is 4.79 Å². The van der Waals surface area contributed by atoms with Gasteiger partial charge in [0.05, 0.1) is 0 Å². The molecule has 0 radical (unpaired) electrons. The average molecular weight is 242 g/mol. The second-order valence-corrected chi connectivity index (χ2v) is 3.98. The number of anilines is 1. The molecule has 2 aromatic rings. The van der Waals surface area contributed by atoms with E-state index < -0.39 is 6.09 Å². The first-order valence-corrected chi connectivity index (χ1v) is 5.57. The Balaban J connectivity index is 2.12. The number of carboxylic acid groups (broad SMARTS) is 1. The lowest BCUT2D eigenvalue weighted by atomic mass is 10.0. The fourth-order valence-corrected chi connectivity index (χ4v) is 1.67. The summed E-state index contributed by atoms with van der Waals surface area (Å²) < 4.78 is 0. The topological polar surface area (TPSA) is 75.3 Å². The Hall–Kier alpha value is -2.49. The molecule has 1 amide bonds. The zero-order chi connectivity index (χ0) is 13.0. The van der Waals surface area contributed by atoms with Gasteiger partial charge in [0.15, 0.2) is 0 Å². The van der Waals surface area contributed by atoms with Gasteiger partial charge in [0, 0.05) is 12.2 Å². The molecule has 0 saturated heterocycles. The number of hydrogen-bond donors (Lipinski definition) is 3. The number of amides is 1. The van der Waals surface area contributed by atoms with Gasteiger partial charge in [-0.1, -0.05) is 36.4 Å². The quantitative estimate of drug-likeness (QED) is 0.724. The lowest BCUT2D eigenvalue weighted by Crippen LogP contribution is -2.19. The predicted octanol–water partition coefficient (Wildman–Crippen LogP) is 2.70. The molecule has 0 aromatic heterocycles. The minimum absolute atomic E-state index is 0.317. The highest BCUT2D eigenvalue weighted by Crippen LogP contribution is 2.20. The Morgan fingerprint density at radius 3 is 2.00 bits per heavy atom. The van der Waals surface area contributed by atoms with Crippen molar-refractivity contribution in [3.63, 3.8) is 0 Å². The molecule has 0 aliphatic rings. The van der Waals surface area contributed by atoms with E-state index in [9.17, 15) is 4.79 Å². The minimum Gasteiger partial charge on any atom is -0.465 e. The molecule has 0 aliphatic heterocycles. The Morgan fingerprint density at radius 2 is 1.50 bits per heavy atom. The maximum atomic E-state index is 10.4. The molecule has 18 heavy (non-hydrogen) atoms. The first kappa shape index (κ1) is 12.0. The van der Waals surface area contributed by atoms with Gasteiger partial charge in [0.2, 0.25) is 0 Å². The number of rotatable bonds is 3. The Labute approximate surface area is 105 Å². The summed E-state index contributed by atoms with van der Waals surface area (Å²) in [4.78, 5) is 10.4. The number of nitrogen functional groups attached to an aromatic ring is 1. The summed E-state index contributed by atoms with van der Waals surface area (Å²) in [7, 11) is 0. The maximum absolute atomic E-state index is 10.4. The number of hydrogen-bond acceptors (Lipinski definition) is 2. The van der Waals surface area contributed by atoms with Crippen LogP contribution in [0, 0.1) is 0 Å². The van der Waals surface area contributed by atoms with E-state index in [-0.39, 0.29) is 0 Å². The molecular formula is C14H14N2O2. The van der Waals surface area contributed by atoms with E-state index in [0.717, 1.165) is 22.4 Å². The number of benzene rings is 2. The normalized spacial score (nSPS) is 10.0. The Morgan fingerprint density at radius 1 is 1.00 bits per heavy atom. The second-order valence-electron chi connectivity index (χ2n) is 3.98. The van der Waals surface area contributed by atoms with E-state index in [2.05, 4.69) is 5.32 Å². The molecule has 2 aromatic carbocycles. The van der Waals surface area contributed by atoms with Crippen molar-refractivity contribution >= 4 is 11.8 Å². The summed E-state index contributed by atoms with van der Waals surface area (Å²) in [6.45, 7) is 0.317. The molecule has 0 saturated carbocycles. The fraction of sp³-hybridized carbons (Fsp3) is 0.0714. The molecule has 0 spiro atoms. The molecular weight excluding hydrogens is 228 g/mol. The van der Waals surface area contributed by atoms with Gasteiger partial charge in [0.25, 0.3) is 0 Å². The molecule has 2 rings (SSSR count). The number of carbonyl (C=O) groups is 1. The SMILES string of the molecule is Nc1ccc(-c2ccc(CNC(=O)O)cc2)cc1. The summed E-state index contributed by atoms with van der Waals surface area (Å²) >= 11 is 0. The van der Waals surface area contributed by atoms with Crippen LogP contribution in [-0.4, -0.2) is 11.2 Å². The molecule has 0 fully saturated rings. The van der Waals surface area contributed by atoms with Gasteiger partial charge >= 0.3 is 6.09 Å². The van der Waals surface area contributed by atoms with E-state index in [4.69, 9.17) is 10.8 Å². The van der Waals surface area contributed by atoms with Crippen molar-refractivity contribution in [1.82, 2.24) is 5.32 Å². The fourth-order valence-electron chi connectivity index (χ4n) is 1.67. The molecule has 4 nitrogen and oxygen atoms in total. The largest absolute Gasteiger partial charge is 0.465 e. The molecule has 0 heterocycles. The van der Waals surface area contributed by atoms with Crippen molar-refractivity contribution in [2.75, 3.05) is 5.73 Å². The number of nitrogens with one attached hydrogen (secondary N) is 1. The van der Waals surface area contributed by atoms with Gasteiger partial charge in [-0.15, -0.1) is 0 Å². The first-order valence-electron chi connectivity index (χ1n) is 5.57. The van der Waals surface area contributed by atoms with Crippen LogP contribution >= 0.6 is 0 Å². The van der Waals surface area contributed by atoms with Gasteiger partial charge < -0.3 is 16.2 Å². The summed E-state index contributed by atoms with van der Waals surface area (Å²) in [5.74, 6) is 0. The van der Waals surface area contributed by atoms with E-state index in [1.807, 2.05) is 48.5 Å². The smallest absolute Gasteiger partial charge is 0.404 e. The lowest BCUT2D eigenvalue weighted by molar-refractivity contribution is 0.194. The summed E-state index contributed by atoms with van der Waals surface area (Å²) in [6, 6.07) is 15.4. The highest BCUT2D eigenvalue weighted by Gasteiger charge is 1.99. The molecule has 0 aliphatic carbocycles. The van der Waals surface area contributed by atoms with Crippen LogP contribution in [0.2, 0.25) is 0 Å². The molecule has 4 N–H and O–H groups in total. The summed E-state index contributed by atoms with van der Waals surface area (Å²) in [5, 5.41) is 10.8. The standard InChI is InChI=1S/C14H14N2O2/c15-13-7-5-12(6-8-13)11-3-1-10(2-4-11)9-16-14(17)18/h1-8,16H,9,15H2,(H,17,18). The number of nitrogens with two attached hydrogens (primary N) is 1. The van der Waals surface area contributed by atoms with Crippen LogP contribution in [0.25, 0.3) is 11.1 Å². The molecule has 92 valence electrons. The Bertz CT molecular complexity index is 533. The zero-order valence-electron chi connectivity index (χ0n) is 9.76.